The maximum atomic E-state index is 12.2. The van der Waals surface area contributed by atoms with Gasteiger partial charge in [-0.1, -0.05) is 46.5 Å². The molecule has 0 aliphatic rings. The number of carboxylic acid groups (broad SMARTS) is 1. The van der Waals surface area contributed by atoms with E-state index >= 15 is 0 Å². The quantitative estimate of drug-likeness (QED) is 0.648. The monoisotopic (exact) mass is 286 g/mol. The molecule has 2 amide bonds. The largest absolute Gasteiger partial charge is 0.480 e. The second kappa shape index (κ2) is 10.5. The van der Waals surface area contributed by atoms with Crippen molar-refractivity contribution in [1.29, 1.82) is 0 Å². The van der Waals surface area contributed by atoms with Crippen LogP contribution in [0.3, 0.4) is 0 Å². The zero-order chi connectivity index (χ0) is 15.5. The summed E-state index contributed by atoms with van der Waals surface area (Å²) in [4.78, 5) is 25.0. The van der Waals surface area contributed by atoms with Crippen LogP contribution in [0.15, 0.2) is 0 Å². The third-order valence-electron chi connectivity index (χ3n) is 3.74. The molecule has 0 heterocycles. The number of nitrogens with one attached hydrogen (secondary N) is 1. The van der Waals surface area contributed by atoms with Gasteiger partial charge in [-0.15, -0.1) is 0 Å². The van der Waals surface area contributed by atoms with Crippen molar-refractivity contribution in [2.24, 2.45) is 5.92 Å². The highest BCUT2D eigenvalue weighted by atomic mass is 16.4. The van der Waals surface area contributed by atoms with Crippen LogP contribution in [0.5, 0.6) is 0 Å². The summed E-state index contributed by atoms with van der Waals surface area (Å²) < 4.78 is 0. The average molecular weight is 286 g/mol. The Labute approximate surface area is 122 Å². The Morgan fingerprint density at radius 2 is 1.75 bits per heavy atom. The molecule has 118 valence electrons. The van der Waals surface area contributed by atoms with Crippen LogP contribution in [0.25, 0.3) is 0 Å². The van der Waals surface area contributed by atoms with Gasteiger partial charge in [-0.3, -0.25) is 0 Å². The number of urea groups is 1. The third-order valence-corrected chi connectivity index (χ3v) is 3.74. The summed E-state index contributed by atoms with van der Waals surface area (Å²) in [6.45, 7) is 9.44. The van der Waals surface area contributed by atoms with E-state index in [1.807, 2.05) is 13.8 Å². The fourth-order valence-corrected chi connectivity index (χ4v) is 2.12. The number of hydrogen-bond donors (Lipinski definition) is 2. The highest BCUT2D eigenvalue weighted by Crippen LogP contribution is 2.10. The highest BCUT2D eigenvalue weighted by molar-refractivity contribution is 5.82. The zero-order valence-corrected chi connectivity index (χ0v) is 13.3. The van der Waals surface area contributed by atoms with Crippen LogP contribution >= 0.6 is 0 Å². The summed E-state index contributed by atoms with van der Waals surface area (Å²) in [6, 6.07) is -1.04. The maximum Gasteiger partial charge on any atom is 0.326 e. The molecule has 0 saturated heterocycles. The van der Waals surface area contributed by atoms with Gasteiger partial charge in [0.05, 0.1) is 0 Å². The predicted molar refractivity (Wildman–Crippen MR) is 80.8 cm³/mol. The molecule has 2 N–H and O–H groups in total. The fourth-order valence-electron chi connectivity index (χ4n) is 2.12. The minimum atomic E-state index is -0.953. The van der Waals surface area contributed by atoms with Crippen molar-refractivity contribution in [3.8, 4) is 0 Å². The Morgan fingerprint density at radius 1 is 1.15 bits per heavy atom. The molecule has 0 aliphatic heterocycles. The summed E-state index contributed by atoms with van der Waals surface area (Å²) in [5.74, 6) is -0.481. The molecule has 0 aliphatic carbocycles. The van der Waals surface area contributed by atoms with Crippen molar-refractivity contribution >= 4 is 12.0 Å². The van der Waals surface area contributed by atoms with E-state index < -0.39 is 12.0 Å². The maximum absolute atomic E-state index is 12.2. The van der Waals surface area contributed by atoms with Gasteiger partial charge >= 0.3 is 12.0 Å². The predicted octanol–water partition coefficient (Wildman–Crippen LogP) is 3.10. The molecule has 0 saturated carbocycles. The first-order chi connectivity index (χ1) is 9.49. The summed E-state index contributed by atoms with van der Waals surface area (Å²) in [6.07, 6.45) is 4.26. The SMILES string of the molecule is CCCCC(NC(=O)N(CC)CC(CC)CC)C(=O)O. The van der Waals surface area contributed by atoms with Gasteiger partial charge in [0.1, 0.15) is 6.04 Å². The second-order valence-corrected chi connectivity index (χ2v) is 5.20. The molecular formula is C15H30N2O3. The number of rotatable bonds is 10. The first-order valence-electron chi connectivity index (χ1n) is 7.78. The minimum absolute atomic E-state index is 0.261. The first-order valence-corrected chi connectivity index (χ1v) is 7.78. The molecule has 0 spiro atoms. The van der Waals surface area contributed by atoms with E-state index in [9.17, 15) is 9.59 Å². The van der Waals surface area contributed by atoms with E-state index in [1.165, 1.54) is 0 Å². The van der Waals surface area contributed by atoms with Crippen LogP contribution in [0, 0.1) is 5.92 Å². The van der Waals surface area contributed by atoms with Crippen LogP contribution in [0.2, 0.25) is 0 Å². The molecular weight excluding hydrogens is 256 g/mol. The molecule has 0 aromatic rings. The van der Waals surface area contributed by atoms with E-state index in [4.69, 9.17) is 5.11 Å². The lowest BCUT2D eigenvalue weighted by Crippen LogP contribution is -2.49. The normalized spacial score (nSPS) is 12.2. The topological polar surface area (TPSA) is 69.6 Å². The Morgan fingerprint density at radius 3 is 2.15 bits per heavy atom. The van der Waals surface area contributed by atoms with Gasteiger partial charge in [-0.2, -0.15) is 0 Å². The van der Waals surface area contributed by atoms with E-state index in [0.717, 1.165) is 25.7 Å². The van der Waals surface area contributed by atoms with Crippen molar-refractivity contribution in [3.63, 3.8) is 0 Å². The van der Waals surface area contributed by atoms with Crippen molar-refractivity contribution in [3.05, 3.63) is 0 Å². The van der Waals surface area contributed by atoms with E-state index in [2.05, 4.69) is 19.2 Å². The van der Waals surface area contributed by atoms with Crippen LogP contribution in [-0.4, -0.2) is 41.1 Å². The van der Waals surface area contributed by atoms with Crippen LogP contribution in [-0.2, 0) is 4.79 Å². The zero-order valence-electron chi connectivity index (χ0n) is 13.3. The Balaban J connectivity index is 4.53. The minimum Gasteiger partial charge on any atom is -0.480 e. The Kier molecular flexibility index (Phi) is 9.86. The second-order valence-electron chi connectivity index (χ2n) is 5.20. The molecule has 5 nitrogen and oxygen atoms in total. The summed E-state index contributed by atoms with van der Waals surface area (Å²) in [5, 5.41) is 11.8. The lowest BCUT2D eigenvalue weighted by atomic mass is 10.0. The Hall–Kier alpha value is -1.26. The first kappa shape index (κ1) is 18.7. The molecule has 1 unspecified atom stereocenters. The summed E-state index contributed by atoms with van der Waals surface area (Å²) >= 11 is 0. The molecule has 0 bridgehead atoms. The van der Waals surface area contributed by atoms with Gasteiger partial charge in [-0.25, -0.2) is 9.59 Å². The number of unbranched alkanes of at least 4 members (excludes halogenated alkanes) is 1. The van der Waals surface area contributed by atoms with E-state index in [1.54, 1.807) is 4.90 Å². The van der Waals surface area contributed by atoms with Crippen molar-refractivity contribution in [2.45, 2.75) is 65.8 Å². The number of aliphatic carboxylic acids is 1. The molecule has 0 rings (SSSR count). The van der Waals surface area contributed by atoms with Gasteiger partial charge < -0.3 is 15.3 Å². The standard InChI is InChI=1S/C15H30N2O3/c1-5-9-10-13(14(18)19)16-15(20)17(8-4)11-12(6-2)7-3/h12-13H,5-11H2,1-4H3,(H,16,20)(H,18,19). The fraction of sp³-hybridized carbons (Fsp3) is 0.867. The average Bonchev–Trinajstić information content (AvgIpc) is 2.44. The van der Waals surface area contributed by atoms with E-state index in [0.29, 0.717) is 25.4 Å². The molecule has 1 atom stereocenters. The molecule has 0 radical (unpaired) electrons. The molecule has 0 aromatic heterocycles. The van der Waals surface area contributed by atoms with Crippen LogP contribution in [0.1, 0.15) is 59.8 Å². The van der Waals surface area contributed by atoms with Crippen molar-refractivity contribution in [2.75, 3.05) is 13.1 Å². The molecule has 20 heavy (non-hydrogen) atoms. The number of carbonyl (C=O) groups is 2. The molecule has 5 heteroatoms. The smallest absolute Gasteiger partial charge is 0.326 e. The number of carbonyl (C=O) groups excluding carboxylic acids is 1. The van der Waals surface area contributed by atoms with E-state index in [-0.39, 0.29) is 6.03 Å². The lowest BCUT2D eigenvalue weighted by Gasteiger charge is -2.27. The Bertz CT molecular complexity index is 291. The van der Waals surface area contributed by atoms with Crippen molar-refractivity contribution in [1.82, 2.24) is 10.2 Å². The molecule has 0 fully saturated rings. The van der Waals surface area contributed by atoms with Gasteiger partial charge in [0.15, 0.2) is 0 Å². The number of hydrogen-bond acceptors (Lipinski definition) is 2. The number of carboxylic acids is 1. The van der Waals surface area contributed by atoms with Crippen molar-refractivity contribution < 1.29 is 14.7 Å². The van der Waals surface area contributed by atoms with Gasteiger partial charge in [-0.05, 0) is 19.3 Å². The third kappa shape index (κ3) is 6.78. The summed E-state index contributed by atoms with van der Waals surface area (Å²) in [7, 11) is 0. The number of amides is 2. The molecule has 0 aromatic carbocycles. The summed E-state index contributed by atoms with van der Waals surface area (Å²) in [5.41, 5.74) is 0. The van der Waals surface area contributed by atoms with Gasteiger partial charge in [0, 0.05) is 13.1 Å². The van der Waals surface area contributed by atoms with Crippen LogP contribution in [0.4, 0.5) is 4.79 Å². The highest BCUT2D eigenvalue weighted by Gasteiger charge is 2.23. The number of nitrogens with zero attached hydrogens (tertiary/aromatic N) is 1. The van der Waals surface area contributed by atoms with Gasteiger partial charge in [0.25, 0.3) is 0 Å². The van der Waals surface area contributed by atoms with Crippen LogP contribution < -0.4 is 5.32 Å². The lowest BCUT2D eigenvalue weighted by molar-refractivity contribution is -0.139. The van der Waals surface area contributed by atoms with Gasteiger partial charge in [0.2, 0.25) is 0 Å².